The fraction of sp³-hybridized carbons (Fsp3) is 0.238. The van der Waals surface area contributed by atoms with Crippen molar-refractivity contribution in [3.8, 4) is 0 Å². The van der Waals surface area contributed by atoms with Gasteiger partial charge in [-0.15, -0.1) is 0 Å². The summed E-state index contributed by atoms with van der Waals surface area (Å²) < 4.78 is 15.0. The van der Waals surface area contributed by atoms with Crippen LogP contribution in [0.1, 0.15) is 24.5 Å². The van der Waals surface area contributed by atoms with Crippen LogP contribution in [0.5, 0.6) is 0 Å². The molecule has 1 aromatic heterocycles. The highest BCUT2D eigenvalue weighted by molar-refractivity contribution is 6.18. The maximum Gasteiger partial charge on any atom is 0.260 e. The molecule has 5 nitrogen and oxygen atoms in total. The van der Waals surface area contributed by atoms with E-state index < -0.39 is 0 Å². The highest BCUT2D eigenvalue weighted by atomic mass is 19.1. The first-order valence-corrected chi connectivity index (χ1v) is 9.04. The second kappa shape index (κ2) is 5.67. The third kappa shape index (κ3) is 2.29. The molecule has 3 aliphatic rings. The van der Waals surface area contributed by atoms with E-state index in [1.54, 1.807) is 29.9 Å². The number of halogens is 1. The Morgan fingerprint density at radius 3 is 2.78 bits per heavy atom. The molecule has 2 aromatic rings. The van der Waals surface area contributed by atoms with Crippen molar-refractivity contribution in [1.82, 2.24) is 9.99 Å². The minimum Gasteiger partial charge on any atom is -0.318 e. The highest BCUT2D eigenvalue weighted by Crippen LogP contribution is 2.37. The van der Waals surface area contributed by atoms with Gasteiger partial charge in [-0.2, -0.15) is 0 Å². The summed E-state index contributed by atoms with van der Waals surface area (Å²) in [5.41, 5.74) is 9.73. The number of aliphatic imine (C=N–C) groups is 1. The van der Waals surface area contributed by atoms with Crippen molar-refractivity contribution >= 4 is 17.0 Å². The van der Waals surface area contributed by atoms with E-state index in [-0.39, 0.29) is 17.4 Å². The van der Waals surface area contributed by atoms with Gasteiger partial charge in [0.1, 0.15) is 5.82 Å². The van der Waals surface area contributed by atoms with Crippen LogP contribution in [0.15, 0.2) is 63.7 Å². The SMILES string of the molecule is CC1=CC2=C3C(=NCCC3N(c3ccc(F)cc3)N2)c2c1ccn(C)c2=O. The third-order valence-corrected chi connectivity index (χ3v) is 5.50. The first-order valence-electron chi connectivity index (χ1n) is 9.04. The van der Waals surface area contributed by atoms with E-state index in [1.807, 2.05) is 13.0 Å². The Labute approximate surface area is 156 Å². The van der Waals surface area contributed by atoms with Crippen molar-refractivity contribution < 1.29 is 4.39 Å². The number of nitrogens with one attached hydrogen (secondary N) is 1. The van der Waals surface area contributed by atoms with E-state index in [1.165, 1.54) is 12.1 Å². The largest absolute Gasteiger partial charge is 0.318 e. The number of hydrogen-bond acceptors (Lipinski definition) is 4. The normalized spacial score (nSPS) is 20.4. The molecule has 1 unspecified atom stereocenters. The molecule has 0 spiro atoms. The van der Waals surface area contributed by atoms with Crippen LogP contribution in [-0.4, -0.2) is 22.9 Å². The summed E-state index contributed by atoms with van der Waals surface area (Å²) in [6.07, 6.45) is 4.72. The summed E-state index contributed by atoms with van der Waals surface area (Å²) in [6.45, 7) is 2.66. The van der Waals surface area contributed by atoms with Gasteiger partial charge in [0, 0.05) is 25.4 Å². The standard InChI is InChI=1S/C21H19FN4O/c1-12-11-16-19-17(26(24-16)14-5-3-13(22)4-6-14)7-9-23-20(19)18-15(12)8-10-25(2)21(18)27/h3-6,8,10-11,17,24H,7,9H2,1-2H3. The van der Waals surface area contributed by atoms with Crippen LogP contribution in [0.4, 0.5) is 10.1 Å². The molecular weight excluding hydrogens is 343 g/mol. The zero-order valence-corrected chi connectivity index (χ0v) is 15.2. The molecule has 0 bridgehead atoms. The van der Waals surface area contributed by atoms with Crippen molar-refractivity contribution in [2.75, 3.05) is 11.6 Å². The molecule has 2 aliphatic heterocycles. The minimum atomic E-state index is -0.258. The average molecular weight is 362 g/mol. The number of aromatic nitrogens is 1. The van der Waals surface area contributed by atoms with Crippen LogP contribution >= 0.6 is 0 Å². The van der Waals surface area contributed by atoms with Gasteiger partial charge in [-0.1, -0.05) is 0 Å². The first kappa shape index (κ1) is 16.1. The lowest BCUT2D eigenvalue weighted by Gasteiger charge is -2.31. The van der Waals surface area contributed by atoms with Gasteiger partial charge in [-0.05, 0) is 60.9 Å². The summed E-state index contributed by atoms with van der Waals surface area (Å²) in [5, 5.41) is 2.06. The molecule has 1 aromatic carbocycles. The number of aryl methyl sites for hydroxylation is 1. The van der Waals surface area contributed by atoms with Crippen LogP contribution in [0.3, 0.4) is 0 Å². The summed E-state index contributed by atoms with van der Waals surface area (Å²) >= 11 is 0. The number of anilines is 1. The third-order valence-electron chi connectivity index (χ3n) is 5.50. The lowest BCUT2D eigenvalue weighted by Crippen LogP contribution is -2.43. The maximum absolute atomic E-state index is 13.4. The molecule has 0 radical (unpaired) electrons. The summed E-state index contributed by atoms with van der Waals surface area (Å²) in [5.74, 6) is -0.258. The summed E-state index contributed by atoms with van der Waals surface area (Å²) in [4.78, 5) is 17.7. The smallest absolute Gasteiger partial charge is 0.260 e. The Morgan fingerprint density at radius 2 is 2.00 bits per heavy atom. The van der Waals surface area contributed by atoms with E-state index in [0.717, 1.165) is 40.2 Å². The fourth-order valence-electron chi connectivity index (χ4n) is 4.17. The molecule has 27 heavy (non-hydrogen) atoms. The second-order valence-electron chi connectivity index (χ2n) is 7.17. The van der Waals surface area contributed by atoms with Gasteiger partial charge in [-0.25, -0.2) is 4.39 Å². The van der Waals surface area contributed by atoms with Crippen LogP contribution in [-0.2, 0) is 7.05 Å². The zero-order valence-electron chi connectivity index (χ0n) is 15.2. The van der Waals surface area contributed by atoms with E-state index >= 15 is 0 Å². The van der Waals surface area contributed by atoms with Crippen LogP contribution in [0.2, 0.25) is 0 Å². The van der Waals surface area contributed by atoms with Gasteiger partial charge < -0.3 is 4.57 Å². The number of allylic oxidation sites excluding steroid dienone is 2. The van der Waals surface area contributed by atoms with Crippen LogP contribution in [0, 0.1) is 5.82 Å². The van der Waals surface area contributed by atoms with Crippen molar-refractivity contribution in [3.63, 3.8) is 0 Å². The fourth-order valence-corrected chi connectivity index (χ4v) is 4.17. The monoisotopic (exact) mass is 362 g/mol. The zero-order chi connectivity index (χ0) is 18.7. The second-order valence-corrected chi connectivity index (χ2v) is 7.17. The van der Waals surface area contributed by atoms with Crippen molar-refractivity contribution in [3.05, 3.63) is 81.2 Å². The van der Waals surface area contributed by atoms with E-state index in [2.05, 4.69) is 16.5 Å². The molecule has 0 saturated carbocycles. The minimum absolute atomic E-state index is 0.0337. The lowest BCUT2D eigenvalue weighted by molar-refractivity contribution is 0.613. The van der Waals surface area contributed by atoms with E-state index in [0.29, 0.717) is 12.1 Å². The number of rotatable bonds is 1. The molecule has 1 aliphatic carbocycles. The maximum atomic E-state index is 13.4. The van der Waals surface area contributed by atoms with Crippen LogP contribution < -0.4 is 16.0 Å². The molecule has 136 valence electrons. The first-order chi connectivity index (χ1) is 13.0. The molecular formula is C21H19FN4O. The Hall–Kier alpha value is -3.15. The van der Waals surface area contributed by atoms with Gasteiger partial charge in [0.05, 0.1) is 28.7 Å². The van der Waals surface area contributed by atoms with Gasteiger partial charge in [0.2, 0.25) is 0 Å². The van der Waals surface area contributed by atoms with Crippen LogP contribution in [0.25, 0.3) is 5.57 Å². The number of benzene rings is 1. The Balaban J connectivity index is 1.69. The van der Waals surface area contributed by atoms with Gasteiger partial charge in [-0.3, -0.25) is 20.2 Å². The van der Waals surface area contributed by atoms with Crippen molar-refractivity contribution in [2.45, 2.75) is 19.4 Å². The Morgan fingerprint density at radius 1 is 1.22 bits per heavy atom. The molecule has 0 fully saturated rings. The molecule has 1 N–H and O–H groups in total. The summed E-state index contributed by atoms with van der Waals surface area (Å²) in [6, 6.07) is 8.49. The quantitative estimate of drug-likeness (QED) is 0.849. The molecule has 6 heteroatoms. The Bertz CT molecular complexity index is 1110. The molecule has 3 heterocycles. The highest BCUT2D eigenvalue weighted by Gasteiger charge is 2.40. The predicted molar refractivity (Wildman–Crippen MR) is 104 cm³/mol. The van der Waals surface area contributed by atoms with Gasteiger partial charge >= 0.3 is 0 Å². The average Bonchev–Trinajstić information content (AvgIpc) is 2.97. The lowest BCUT2D eigenvalue weighted by atomic mass is 9.90. The van der Waals surface area contributed by atoms with Gasteiger partial charge in [0.15, 0.2) is 0 Å². The van der Waals surface area contributed by atoms with E-state index in [9.17, 15) is 9.18 Å². The number of hydrogen-bond donors (Lipinski definition) is 1. The summed E-state index contributed by atoms with van der Waals surface area (Å²) in [7, 11) is 1.76. The number of pyridine rings is 1. The van der Waals surface area contributed by atoms with Crippen molar-refractivity contribution in [2.24, 2.45) is 12.0 Å². The molecule has 1 atom stereocenters. The molecule has 5 rings (SSSR count). The number of fused-ring (bicyclic) bond motifs is 2. The topological polar surface area (TPSA) is 49.6 Å². The predicted octanol–water partition coefficient (Wildman–Crippen LogP) is 2.78. The Kier molecular flexibility index (Phi) is 3.37. The molecule has 0 amide bonds. The number of nitrogens with zero attached hydrogens (tertiary/aromatic N) is 3. The molecule has 0 saturated heterocycles. The number of hydrazine groups is 1. The van der Waals surface area contributed by atoms with Crippen molar-refractivity contribution in [1.29, 1.82) is 0 Å². The van der Waals surface area contributed by atoms with E-state index in [4.69, 9.17) is 4.99 Å². The van der Waals surface area contributed by atoms with Gasteiger partial charge in [0.25, 0.3) is 5.56 Å².